The number of benzene rings is 1. The third kappa shape index (κ3) is 6.10. The number of hydrogen-bond acceptors (Lipinski definition) is 2. The predicted octanol–water partition coefficient (Wildman–Crippen LogP) is 4.17. The minimum atomic E-state index is -0.246. The van der Waals surface area contributed by atoms with Crippen LogP contribution in [0.2, 0.25) is 0 Å². The topological polar surface area (TPSA) is 32.3 Å². The predicted molar refractivity (Wildman–Crippen MR) is 94.0 cm³/mol. The van der Waals surface area contributed by atoms with E-state index in [1.807, 2.05) is 0 Å². The van der Waals surface area contributed by atoms with E-state index < -0.39 is 0 Å². The highest BCUT2D eigenvalue weighted by Crippen LogP contribution is 2.22. The Morgan fingerprint density at radius 3 is 2.41 bits per heavy atom. The van der Waals surface area contributed by atoms with Crippen LogP contribution in [-0.2, 0) is 6.42 Å². The summed E-state index contributed by atoms with van der Waals surface area (Å²) >= 11 is 0. The SMILES string of the molecule is CC(C)CC(Cc1ccccc1)C(O)CNC1CCCCC1. The van der Waals surface area contributed by atoms with E-state index in [0.717, 1.165) is 19.4 Å². The average molecular weight is 303 g/mol. The van der Waals surface area contributed by atoms with E-state index in [1.54, 1.807) is 0 Å². The van der Waals surface area contributed by atoms with E-state index in [1.165, 1.54) is 37.7 Å². The lowest BCUT2D eigenvalue weighted by molar-refractivity contribution is 0.0890. The van der Waals surface area contributed by atoms with Gasteiger partial charge >= 0.3 is 0 Å². The number of hydrogen-bond donors (Lipinski definition) is 2. The summed E-state index contributed by atoms with van der Waals surface area (Å²) in [4.78, 5) is 0. The van der Waals surface area contributed by atoms with Gasteiger partial charge < -0.3 is 10.4 Å². The lowest BCUT2D eigenvalue weighted by Crippen LogP contribution is -2.40. The van der Waals surface area contributed by atoms with Crippen molar-refractivity contribution in [2.45, 2.75) is 70.9 Å². The Morgan fingerprint density at radius 1 is 1.09 bits per heavy atom. The molecule has 2 nitrogen and oxygen atoms in total. The summed E-state index contributed by atoms with van der Waals surface area (Å²) < 4.78 is 0. The molecular weight excluding hydrogens is 270 g/mol. The van der Waals surface area contributed by atoms with Crippen LogP contribution >= 0.6 is 0 Å². The zero-order valence-electron chi connectivity index (χ0n) is 14.3. The van der Waals surface area contributed by atoms with Crippen LogP contribution in [0.1, 0.15) is 57.9 Å². The molecule has 22 heavy (non-hydrogen) atoms. The smallest absolute Gasteiger partial charge is 0.0696 e. The summed E-state index contributed by atoms with van der Waals surface area (Å²) in [6, 6.07) is 11.2. The van der Waals surface area contributed by atoms with Gasteiger partial charge in [-0.2, -0.15) is 0 Å². The Hall–Kier alpha value is -0.860. The molecule has 1 saturated carbocycles. The maximum Gasteiger partial charge on any atom is 0.0696 e. The second kappa shape index (κ2) is 9.32. The van der Waals surface area contributed by atoms with Crippen LogP contribution in [0.15, 0.2) is 30.3 Å². The Kier molecular flexibility index (Phi) is 7.41. The highest BCUT2D eigenvalue weighted by molar-refractivity contribution is 5.15. The van der Waals surface area contributed by atoms with Crippen molar-refractivity contribution in [2.24, 2.45) is 11.8 Å². The van der Waals surface area contributed by atoms with Gasteiger partial charge in [0.25, 0.3) is 0 Å². The minimum Gasteiger partial charge on any atom is -0.392 e. The highest BCUT2D eigenvalue weighted by atomic mass is 16.3. The molecule has 0 bridgehead atoms. The van der Waals surface area contributed by atoms with E-state index in [4.69, 9.17) is 0 Å². The summed E-state index contributed by atoms with van der Waals surface area (Å²) in [6.07, 6.45) is 8.44. The first-order valence-corrected chi connectivity index (χ1v) is 9.10. The number of nitrogens with one attached hydrogen (secondary N) is 1. The normalized spacial score (nSPS) is 19.3. The molecule has 2 rings (SSSR count). The number of aliphatic hydroxyl groups excluding tert-OH is 1. The van der Waals surface area contributed by atoms with Crippen molar-refractivity contribution >= 4 is 0 Å². The van der Waals surface area contributed by atoms with Gasteiger partial charge in [-0.1, -0.05) is 63.4 Å². The first-order valence-electron chi connectivity index (χ1n) is 9.10. The van der Waals surface area contributed by atoms with Gasteiger partial charge in [0.1, 0.15) is 0 Å². The largest absolute Gasteiger partial charge is 0.392 e. The van der Waals surface area contributed by atoms with Crippen LogP contribution in [0, 0.1) is 11.8 Å². The molecule has 1 aliphatic carbocycles. The van der Waals surface area contributed by atoms with Crippen molar-refractivity contribution in [3.63, 3.8) is 0 Å². The molecule has 0 heterocycles. The van der Waals surface area contributed by atoms with Gasteiger partial charge in [0.05, 0.1) is 6.10 Å². The Labute approximate surface area is 136 Å². The van der Waals surface area contributed by atoms with E-state index in [0.29, 0.717) is 17.9 Å². The summed E-state index contributed by atoms with van der Waals surface area (Å²) in [5.41, 5.74) is 1.34. The van der Waals surface area contributed by atoms with Crippen LogP contribution in [-0.4, -0.2) is 23.8 Å². The van der Waals surface area contributed by atoms with Gasteiger partial charge in [-0.05, 0) is 43.1 Å². The van der Waals surface area contributed by atoms with Crippen LogP contribution in [0.3, 0.4) is 0 Å². The molecule has 2 N–H and O–H groups in total. The fraction of sp³-hybridized carbons (Fsp3) is 0.700. The molecule has 2 heteroatoms. The fourth-order valence-corrected chi connectivity index (χ4v) is 3.66. The monoisotopic (exact) mass is 303 g/mol. The fourth-order valence-electron chi connectivity index (χ4n) is 3.66. The summed E-state index contributed by atoms with van der Waals surface area (Å²) in [5.74, 6) is 0.969. The van der Waals surface area contributed by atoms with Crippen LogP contribution in [0.5, 0.6) is 0 Å². The first kappa shape index (κ1) is 17.5. The van der Waals surface area contributed by atoms with Crippen molar-refractivity contribution in [3.8, 4) is 0 Å². The van der Waals surface area contributed by atoms with Crippen molar-refractivity contribution in [2.75, 3.05) is 6.54 Å². The lowest BCUT2D eigenvalue weighted by Gasteiger charge is -2.28. The third-order valence-corrected chi connectivity index (χ3v) is 4.88. The van der Waals surface area contributed by atoms with Crippen molar-refractivity contribution in [3.05, 3.63) is 35.9 Å². The molecule has 1 aliphatic rings. The van der Waals surface area contributed by atoms with E-state index in [2.05, 4.69) is 49.5 Å². The van der Waals surface area contributed by atoms with Gasteiger partial charge in [-0.3, -0.25) is 0 Å². The molecule has 1 aromatic carbocycles. The van der Waals surface area contributed by atoms with Crippen molar-refractivity contribution in [1.82, 2.24) is 5.32 Å². The van der Waals surface area contributed by atoms with Crippen molar-refractivity contribution in [1.29, 1.82) is 0 Å². The second-order valence-corrected chi connectivity index (χ2v) is 7.39. The maximum absolute atomic E-state index is 10.7. The number of aliphatic hydroxyl groups is 1. The molecule has 1 aromatic rings. The molecule has 124 valence electrons. The second-order valence-electron chi connectivity index (χ2n) is 7.39. The molecule has 0 amide bonds. The Morgan fingerprint density at radius 2 is 1.77 bits per heavy atom. The van der Waals surface area contributed by atoms with Crippen LogP contribution < -0.4 is 5.32 Å². The third-order valence-electron chi connectivity index (χ3n) is 4.88. The Balaban J connectivity index is 1.86. The van der Waals surface area contributed by atoms with Gasteiger partial charge in [0.2, 0.25) is 0 Å². The van der Waals surface area contributed by atoms with Crippen molar-refractivity contribution < 1.29 is 5.11 Å². The van der Waals surface area contributed by atoms with Crippen LogP contribution in [0.4, 0.5) is 0 Å². The molecular formula is C20H33NO. The highest BCUT2D eigenvalue weighted by Gasteiger charge is 2.22. The molecule has 0 radical (unpaired) electrons. The van der Waals surface area contributed by atoms with Gasteiger partial charge in [0, 0.05) is 12.6 Å². The van der Waals surface area contributed by atoms with Gasteiger partial charge in [0.15, 0.2) is 0 Å². The van der Waals surface area contributed by atoms with Crippen LogP contribution in [0.25, 0.3) is 0 Å². The first-order chi connectivity index (χ1) is 10.6. The summed E-state index contributed by atoms with van der Waals surface area (Å²) in [5, 5.41) is 14.3. The molecule has 0 aliphatic heterocycles. The van der Waals surface area contributed by atoms with E-state index in [9.17, 15) is 5.11 Å². The number of rotatable bonds is 8. The Bertz CT molecular complexity index is 397. The van der Waals surface area contributed by atoms with E-state index >= 15 is 0 Å². The molecule has 1 fully saturated rings. The average Bonchev–Trinajstić information content (AvgIpc) is 2.53. The van der Waals surface area contributed by atoms with Gasteiger partial charge in [-0.25, -0.2) is 0 Å². The lowest BCUT2D eigenvalue weighted by atomic mass is 9.86. The summed E-state index contributed by atoms with van der Waals surface area (Å²) in [6.45, 7) is 5.24. The minimum absolute atomic E-state index is 0.246. The quantitative estimate of drug-likeness (QED) is 0.755. The zero-order valence-corrected chi connectivity index (χ0v) is 14.3. The standard InChI is InChI=1S/C20H33NO/c1-16(2)13-18(14-17-9-5-3-6-10-17)20(22)15-21-19-11-7-4-8-12-19/h3,5-6,9-10,16,18-22H,4,7-8,11-15H2,1-2H3. The van der Waals surface area contributed by atoms with Gasteiger partial charge in [-0.15, -0.1) is 0 Å². The molecule has 2 atom stereocenters. The zero-order chi connectivity index (χ0) is 15.8. The molecule has 0 saturated heterocycles. The molecule has 2 unspecified atom stereocenters. The summed E-state index contributed by atoms with van der Waals surface area (Å²) in [7, 11) is 0. The van der Waals surface area contributed by atoms with E-state index in [-0.39, 0.29) is 6.10 Å². The maximum atomic E-state index is 10.7. The molecule has 0 spiro atoms. The molecule has 0 aromatic heterocycles.